The van der Waals surface area contributed by atoms with Gasteiger partial charge in [0.2, 0.25) is 0 Å². The molecule has 3 heteroatoms. The van der Waals surface area contributed by atoms with Crippen LogP contribution in [-0.2, 0) is 4.74 Å². The van der Waals surface area contributed by atoms with Crippen molar-refractivity contribution in [2.75, 3.05) is 13.2 Å². The Morgan fingerprint density at radius 1 is 0.351 bits per heavy atom. The van der Waals surface area contributed by atoms with Crippen LogP contribution < -0.4 is 0 Å². The normalized spacial score (nSPS) is 12.8. The summed E-state index contributed by atoms with van der Waals surface area (Å²) < 4.78 is 6.90. The van der Waals surface area contributed by atoms with Gasteiger partial charge in [0.25, 0.3) is 0 Å². The summed E-state index contributed by atoms with van der Waals surface area (Å²) in [6.07, 6.45) is 37.0. The molecule has 0 amide bonds. The Morgan fingerprint density at radius 2 is 0.568 bits per heavy atom. The average Bonchev–Trinajstić information content (AvgIpc) is 2.92. The predicted molar refractivity (Wildman–Crippen MR) is 166 cm³/mol. The Kier molecular flexibility index (Phi) is 37.8. The molecular formula is C34H72O3. The summed E-state index contributed by atoms with van der Waals surface area (Å²) in [5, 5.41) is 15.2. The lowest BCUT2D eigenvalue weighted by Crippen LogP contribution is -2.23. The highest BCUT2D eigenvalue weighted by Gasteiger charge is 2.16. The van der Waals surface area contributed by atoms with Crippen LogP contribution in [0.5, 0.6) is 0 Å². The first kappa shape index (κ1) is 39.0. The summed E-state index contributed by atoms with van der Waals surface area (Å²) in [5.74, 6) is 0. The first-order chi connectivity index (χ1) is 18.2. The molecule has 0 spiro atoms. The maximum atomic E-state index is 7.62. The monoisotopic (exact) mass is 529 g/mol. The molecule has 0 aliphatic carbocycles. The molecule has 0 fully saturated rings. The molecule has 0 bridgehead atoms. The van der Waals surface area contributed by atoms with E-state index in [0.29, 0.717) is 12.2 Å². The number of aliphatic hydroxyl groups excluding tert-OH is 2. The Labute approximate surface area is 234 Å². The van der Waals surface area contributed by atoms with E-state index in [9.17, 15) is 0 Å². The van der Waals surface area contributed by atoms with Gasteiger partial charge in [0.1, 0.15) is 0 Å². The Hall–Kier alpha value is -0.120. The second kappa shape index (κ2) is 35.9. The fourth-order valence-electron chi connectivity index (χ4n) is 5.09. The van der Waals surface area contributed by atoms with Gasteiger partial charge in [-0.2, -0.15) is 0 Å². The van der Waals surface area contributed by atoms with Crippen molar-refractivity contribution in [1.29, 1.82) is 0 Å². The van der Waals surface area contributed by atoms with Gasteiger partial charge >= 0.3 is 0 Å². The van der Waals surface area contributed by atoms with E-state index in [0.717, 1.165) is 0 Å². The Morgan fingerprint density at radius 3 is 0.811 bits per heavy atom. The number of ether oxygens (including phenoxy) is 1. The van der Waals surface area contributed by atoms with Crippen molar-refractivity contribution in [1.82, 2.24) is 0 Å². The standard InChI is InChI=1S/C32H66O.C2H6O2/c1-5-9-13-17-19-21-25-29-31(27-23-15-11-7-3)33-32(28-24-16-12-8-4)30-26-22-20-18-14-10-6-2;3-1-2-4/h31-32H,5-30H2,1-4H3;3-4H,1-2H2. The van der Waals surface area contributed by atoms with Crippen LogP contribution in [0.25, 0.3) is 0 Å². The number of hydrogen-bond acceptors (Lipinski definition) is 3. The minimum Gasteiger partial charge on any atom is -0.394 e. The zero-order valence-electron chi connectivity index (χ0n) is 26.3. The maximum Gasteiger partial charge on any atom is 0.0662 e. The zero-order chi connectivity index (χ0) is 27.7. The summed E-state index contributed by atoms with van der Waals surface area (Å²) in [6, 6.07) is 0. The van der Waals surface area contributed by atoms with Gasteiger partial charge < -0.3 is 14.9 Å². The molecule has 0 aromatic rings. The quantitative estimate of drug-likeness (QED) is 0.0949. The first-order valence-corrected chi connectivity index (χ1v) is 17.1. The van der Waals surface area contributed by atoms with Crippen LogP contribution in [-0.4, -0.2) is 35.6 Å². The van der Waals surface area contributed by atoms with E-state index in [4.69, 9.17) is 14.9 Å². The number of hydrogen-bond donors (Lipinski definition) is 2. The molecule has 0 aliphatic rings. The lowest BCUT2D eigenvalue weighted by molar-refractivity contribution is -0.0324. The molecule has 0 aromatic carbocycles. The van der Waals surface area contributed by atoms with Gasteiger partial charge in [-0.25, -0.2) is 0 Å². The molecule has 0 rings (SSSR count). The Bertz CT molecular complexity index is 340. The third kappa shape index (κ3) is 33.9. The van der Waals surface area contributed by atoms with Crippen molar-refractivity contribution in [2.24, 2.45) is 0 Å². The van der Waals surface area contributed by atoms with Gasteiger partial charge in [-0.1, -0.05) is 169 Å². The average molecular weight is 529 g/mol. The van der Waals surface area contributed by atoms with E-state index < -0.39 is 0 Å². The summed E-state index contributed by atoms with van der Waals surface area (Å²) >= 11 is 0. The van der Waals surface area contributed by atoms with Gasteiger partial charge in [-0.3, -0.25) is 0 Å². The van der Waals surface area contributed by atoms with Crippen LogP contribution in [0.4, 0.5) is 0 Å². The van der Waals surface area contributed by atoms with E-state index in [1.54, 1.807) is 0 Å². The van der Waals surface area contributed by atoms with Crippen molar-refractivity contribution in [3.05, 3.63) is 0 Å². The van der Waals surface area contributed by atoms with E-state index >= 15 is 0 Å². The summed E-state index contributed by atoms with van der Waals surface area (Å²) in [7, 11) is 0. The minimum absolute atomic E-state index is 0.125. The molecule has 226 valence electrons. The molecule has 0 aliphatic heterocycles. The van der Waals surface area contributed by atoms with Gasteiger partial charge in [0, 0.05) is 0 Å². The van der Waals surface area contributed by atoms with E-state index in [2.05, 4.69) is 27.7 Å². The molecule has 3 nitrogen and oxygen atoms in total. The van der Waals surface area contributed by atoms with Gasteiger partial charge in [0.05, 0.1) is 25.4 Å². The summed E-state index contributed by atoms with van der Waals surface area (Å²) in [5.41, 5.74) is 0. The van der Waals surface area contributed by atoms with Gasteiger partial charge in [-0.15, -0.1) is 0 Å². The molecule has 0 aromatic heterocycles. The second-order valence-corrected chi connectivity index (χ2v) is 11.3. The molecule has 0 heterocycles. The lowest BCUT2D eigenvalue weighted by atomic mass is 9.99. The molecule has 2 atom stereocenters. The van der Waals surface area contributed by atoms with Crippen LogP contribution in [0.2, 0.25) is 0 Å². The van der Waals surface area contributed by atoms with Crippen LogP contribution in [0.3, 0.4) is 0 Å². The van der Waals surface area contributed by atoms with Crippen LogP contribution in [0.15, 0.2) is 0 Å². The molecular weight excluding hydrogens is 456 g/mol. The van der Waals surface area contributed by atoms with Crippen molar-refractivity contribution >= 4 is 0 Å². The number of aliphatic hydroxyl groups is 2. The largest absolute Gasteiger partial charge is 0.394 e. The second-order valence-electron chi connectivity index (χ2n) is 11.3. The van der Waals surface area contributed by atoms with E-state index in [1.165, 1.54) is 167 Å². The van der Waals surface area contributed by atoms with Crippen LogP contribution in [0.1, 0.15) is 195 Å². The fraction of sp³-hybridized carbons (Fsp3) is 1.00. The van der Waals surface area contributed by atoms with Crippen molar-refractivity contribution < 1.29 is 14.9 Å². The third-order valence-electron chi connectivity index (χ3n) is 7.50. The minimum atomic E-state index is -0.125. The maximum absolute atomic E-state index is 7.62. The topological polar surface area (TPSA) is 49.7 Å². The summed E-state index contributed by atoms with van der Waals surface area (Å²) in [4.78, 5) is 0. The zero-order valence-corrected chi connectivity index (χ0v) is 26.3. The van der Waals surface area contributed by atoms with Crippen LogP contribution >= 0.6 is 0 Å². The molecule has 0 radical (unpaired) electrons. The molecule has 0 saturated heterocycles. The molecule has 2 N–H and O–H groups in total. The van der Waals surface area contributed by atoms with Crippen molar-refractivity contribution in [2.45, 2.75) is 207 Å². The van der Waals surface area contributed by atoms with Crippen molar-refractivity contribution in [3.8, 4) is 0 Å². The highest BCUT2D eigenvalue weighted by molar-refractivity contribution is 4.67. The van der Waals surface area contributed by atoms with Crippen molar-refractivity contribution in [3.63, 3.8) is 0 Å². The van der Waals surface area contributed by atoms with Gasteiger partial charge in [0.15, 0.2) is 0 Å². The molecule has 2 unspecified atom stereocenters. The highest BCUT2D eigenvalue weighted by atomic mass is 16.5. The smallest absolute Gasteiger partial charge is 0.0662 e. The summed E-state index contributed by atoms with van der Waals surface area (Å²) in [6.45, 7) is 9.01. The molecule has 0 saturated carbocycles. The third-order valence-corrected chi connectivity index (χ3v) is 7.50. The fourth-order valence-corrected chi connectivity index (χ4v) is 5.09. The SMILES string of the molecule is CCCCCCCCCC(CCCCCC)OC(CCCCCC)CCCCCCCCC.OCCO. The first-order valence-electron chi connectivity index (χ1n) is 17.1. The number of unbranched alkanes of at least 4 members (excludes halogenated alkanes) is 18. The lowest BCUT2D eigenvalue weighted by Gasteiger charge is -2.26. The predicted octanol–water partition coefficient (Wildman–Crippen LogP) is 10.9. The number of rotatable bonds is 29. The highest BCUT2D eigenvalue weighted by Crippen LogP contribution is 2.23. The van der Waals surface area contributed by atoms with E-state index in [-0.39, 0.29) is 13.2 Å². The van der Waals surface area contributed by atoms with Crippen LogP contribution in [0, 0.1) is 0 Å². The molecule has 37 heavy (non-hydrogen) atoms. The van der Waals surface area contributed by atoms with Gasteiger partial charge in [-0.05, 0) is 25.7 Å². The Balaban J connectivity index is 0. The van der Waals surface area contributed by atoms with E-state index in [1.807, 2.05) is 0 Å².